The molecule has 3 aromatic rings. The monoisotopic (exact) mass is 379 g/mol. The van der Waals surface area contributed by atoms with Crippen molar-refractivity contribution < 1.29 is 9.53 Å². The number of aromatic nitrogens is 2. The van der Waals surface area contributed by atoms with E-state index in [2.05, 4.69) is 0 Å². The van der Waals surface area contributed by atoms with Gasteiger partial charge in [0.2, 0.25) is 0 Å². The normalized spacial score (nSPS) is 14.2. The third kappa shape index (κ3) is 3.71. The SMILES string of the molecule is COc1ccc(-c2nn(-c3ccccc3)cc2C(=O)N2CCSCC2)cc1. The number of methoxy groups -OCH3 is 1. The number of carbonyl (C=O) groups is 1. The topological polar surface area (TPSA) is 47.4 Å². The molecule has 1 saturated heterocycles. The molecule has 0 spiro atoms. The Morgan fingerprint density at radius 1 is 1.04 bits per heavy atom. The van der Waals surface area contributed by atoms with E-state index < -0.39 is 0 Å². The van der Waals surface area contributed by atoms with E-state index >= 15 is 0 Å². The number of para-hydroxylation sites is 1. The Balaban J connectivity index is 1.77. The maximum absolute atomic E-state index is 13.2. The summed E-state index contributed by atoms with van der Waals surface area (Å²) in [7, 11) is 1.64. The predicted octanol–water partition coefficient (Wildman–Crippen LogP) is 3.74. The number of nitrogens with zero attached hydrogens (tertiary/aromatic N) is 3. The van der Waals surface area contributed by atoms with Gasteiger partial charge in [-0.3, -0.25) is 4.79 Å². The van der Waals surface area contributed by atoms with Crippen molar-refractivity contribution in [2.24, 2.45) is 0 Å². The zero-order valence-electron chi connectivity index (χ0n) is 15.2. The van der Waals surface area contributed by atoms with Crippen molar-refractivity contribution in [2.75, 3.05) is 31.7 Å². The molecule has 5 nitrogen and oxygen atoms in total. The van der Waals surface area contributed by atoms with Crippen LogP contribution in [0.5, 0.6) is 5.75 Å². The molecule has 2 heterocycles. The summed E-state index contributed by atoms with van der Waals surface area (Å²) in [5, 5.41) is 4.75. The number of benzene rings is 2. The molecule has 1 amide bonds. The van der Waals surface area contributed by atoms with E-state index in [1.165, 1.54) is 0 Å². The molecule has 0 unspecified atom stereocenters. The van der Waals surface area contributed by atoms with E-state index in [0.29, 0.717) is 11.3 Å². The van der Waals surface area contributed by atoms with Crippen molar-refractivity contribution in [3.63, 3.8) is 0 Å². The first-order chi connectivity index (χ1) is 13.3. The van der Waals surface area contributed by atoms with Crippen LogP contribution in [-0.4, -0.2) is 52.3 Å². The van der Waals surface area contributed by atoms with Crippen LogP contribution in [0.2, 0.25) is 0 Å². The lowest BCUT2D eigenvalue weighted by molar-refractivity contribution is 0.0773. The minimum absolute atomic E-state index is 0.0447. The Hall–Kier alpha value is -2.73. The van der Waals surface area contributed by atoms with Crippen LogP contribution >= 0.6 is 11.8 Å². The summed E-state index contributed by atoms with van der Waals surface area (Å²) in [4.78, 5) is 15.1. The Kier molecular flexibility index (Phi) is 5.16. The number of carbonyl (C=O) groups excluding carboxylic acids is 1. The average molecular weight is 379 g/mol. The molecule has 0 bridgehead atoms. The second kappa shape index (κ2) is 7.88. The van der Waals surface area contributed by atoms with Crippen molar-refractivity contribution >= 4 is 17.7 Å². The molecule has 2 aromatic carbocycles. The summed E-state index contributed by atoms with van der Waals surface area (Å²) < 4.78 is 7.03. The Morgan fingerprint density at radius 3 is 2.41 bits per heavy atom. The van der Waals surface area contributed by atoms with E-state index in [9.17, 15) is 4.79 Å². The zero-order chi connectivity index (χ0) is 18.6. The Morgan fingerprint density at radius 2 is 1.74 bits per heavy atom. The van der Waals surface area contributed by atoms with Crippen molar-refractivity contribution in [1.29, 1.82) is 0 Å². The molecule has 6 heteroatoms. The van der Waals surface area contributed by atoms with Crippen LogP contribution < -0.4 is 4.74 Å². The van der Waals surface area contributed by atoms with Crippen LogP contribution in [0.15, 0.2) is 60.8 Å². The van der Waals surface area contributed by atoms with Gasteiger partial charge in [0, 0.05) is 36.4 Å². The first-order valence-corrected chi connectivity index (χ1v) is 10.1. The van der Waals surface area contributed by atoms with Crippen LogP contribution in [0, 0.1) is 0 Å². The van der Waals surface area contributed by atoms with E-state index in [1.807, 2.05) is 77.5 Å². The summed E-state index contributed by atoms with van der Waals surface area (Å²) in [5.74, 6) is 2.79. The van der Waals surface area contributed by atoms with Gasteiger partial charge >= 0.3 is 0 Å². The van der Waals surface area contributed by atoms with Gasteiger partial charge in [0.15, 0.2) is 0 Å². The summed E-state index contributed by atoms with van der Waals surface area (Å²) in [6.45, 7) is 1.56. The standard InChI is InChI=1S/C21H21N3O2S/c1-26-18-9-7-16(8-10-18)20-19(21(25)23-11-13-27-14-12-23)15-24(22-20)17-5-3-2-4-6-17/h2-10,15H,11-14H2,1H3. The second-order valence-corrected chi connectivity index (χ2v) is 7.53. The number of rotatable bonds is 4. The molecule has 0 atom stereocenters. The lowest BCUT2D eigenvalue weighted by atomic mass is 10.1. The minimum Gasteiger partial charge on any atom is -0.497 e. The van der Waals surface area contributed by atoms with Gasteiger partial charge in [-0.15, -0.1) is 0 Å². The van der Waals surface area contributed by atoms with Gasteiger partial charge in [0.1, 0.15) is 11.4 Å². The van der Waals surface area contributed by atoms with E-state index in [-0.39, 0.29) is 5.91 Å². The van der Waals surface area contributed by atoms with Gasteiger partial charge in [-0.25, -0.2) is 4.68 Å². The molecule has 1 aromatic heterocycles. The fourth-order valence-electron chi connectivity index (χ4n) is 3.14. The van der Waals surface area contributed by atoms with E-state index in [1.54, 1.807) is 11.8 Å². The maximum atomic E-state index is 13.2. The quantitative estimate of drug-likeness (QED) is 0.693. The first-order valence-electron chi connectivity index (χ1n) is 8.93. The number of thioether (sulfide) groups is 1. The summed E-state index contributed by atoms with van der Waals surface area (Å²) >= 11 is 1.89. The number of amides is 1. The summed E-state index contributed by atoms with van der Waals surface area (Å²) in [6, 6.07) is 17.5. The van der Waals surface area contributed by atoms with Crippen LogP contribution in [0.25, 0.3) is 16.9 Å². The Labute approximate surface area is 162 Å². The molecule has 0 N–H and O–H groups in total. The fraction of sp³-hybridized carbons (Fsp3) is 0.238. The zero-order valence-corrected chi connectivity index (χ0v) is 16.0. The first kappa shape index (κ1) is 17.7. The van der Waals surface area contributed by atoms with Gasteiger partial charge in [-0.1, -0.05) is 18.2 Å². The van der Waals surface area contributed by atoms with Crippen LogP contribution in [0.1, 0.15) is 10.4 Å². The van der Waals surface area contributed by atoms with Gasteiger partial charge in [0.05, 0.1) is 18.4 Å². The lowest BCUT2D eigenvalue weighted by Gasteiger charge is -2.26. The molecule has 0 radical (unpaired) electrons. The molecule has 1 aliphatic heterocycles. The molecule has 1 fully saturated rings. The van der Waals surface area contributed by atoms with Gasteiger partial charge in [-0.05, 0) is 36.4 Å². The molecule has 4 rings (SSSR count). The Bertz CT molecular complexity index is 916. The number of hydrogen-bond donors (Lipinski definition) is 0. The predicted molar refractivity (Wildman–Crippen MR) is 109 cm³/mol. The van der Waals surface area contributed by atoms with Crippen molar-refractivity contribution in [2.45, 2.75) is 0 Å². The highest BCUT2D eigenvalue weighted by atomic mass is 32.2. The molecule has 27 heavy (non-hydrogen) atoms. The molecule has 0 aliphatic carbocycles. The number of hydrogen-bond acceptors (Lipinski definition) is 4. The van der Waals surface area contributed by atoms with Gasteiger partial charge in [0.25, 0.3) is 5.91 Å². The van der Waals surface area contributed by atoms with Crippen molar-refractivity contribution in [3.05, 3.63) is 66.4 Å². The van der Waals surface area contributed by atoms with Crippen LogP contribution in [0.4, 0.5) is 0 Å². The van der Waals surface area contributed by atoms with E-state index in [4.69, 9.17) is 9.84 Å². The van der Waals surface area contributed by atoms with Crippen LogP contribution in [-0.2, 0) is 0 Å². The third-order valence-electron chi connectivity index (χ3n) is 4.63. The van der Waals surface area contributed by atoms with Gasteiger partial charge < -0.3 is 9.64 Å². The lowest BCUT2D eigenvalue weighted by Crippen LogP contribution is -2.38. The number of ether oxygens (including phenoxy) is 1. The molecular formula is C21H21N3O2S. The van der Waals surface area contributed by atoms with Crippen LogP contribution in [0.3, 0.4) is 0 Å². The van der Waals surface area contributed by atoms with Gasteiger partial charge in [-0.2, -0.15) is 16.9 Å². The smallest absolute Gasteiger partial charge is 0.257 e. The van der Waals surface area contributed by atoms with E-state index in [0.717, 1.165) is 41.6 Å². The molecule has 1 aliphatic rings. The molecule has 0 saturated carbocycles. The highest BCUT2D eigenvalue weighted by Crippen LogP contribution is 2.27. The molecular weight excluding hydrogens is 358 g/mol. The van der Waals surface area contributed by atoms with Crippen molar-refractivity contribution in [1.82, 2.24) is 14.7 Å². The summed E-state index contributed by atoms with van der Waals surface area (Å²) in [6.07, 6.45) is 1.85. The summed E-state index contributed by atoms with van der Waals surface area (Å²) in [5.41, 5.74) is 3.17. The highest BCUT2D eigenvalue weighted by molar-refractivity contribution is 7.99. The minimum atomic E-state index is 0.0447. The molecule has 138 valence electrons. The third-order valence-corrected chi connectivity index (χ3v) is 5.57. The highest BCUT2D eigenvalue weighted by Gasteiger charge is 2.24. The average Bonchev–Trinajstić information content (AvgIpc) is 3.20. The maximum Gasteiger partial charge on any atom is 0.257 e. The fourth-order valence-corrected chi connectivity index (χ4v) is 4.05. The largest absolute Gasteiger partial charge is 0.497 e. The van der Waals surface area contributed by atoms with Crippen molar-refractivity contribution in [3.8, 4) is 22.7 Å². The second-order valence-electron chi connectivity index (χ2n) is 6.30.